The first-order chi connectivity index (χ1) is 10.8. The van der Waals surface area contributed by atoms with E-state index in [0.29, 0.717) is 24.9 Å². The van der Waals surface area contributed by atoms with Crippen LogP contribution in [0.15, 0.2) is 30.3 Å². The van der Waals surface area contributed by atoms with Crippen LogP contribution in [0, 0.1) is 11.8 Å². The summed E-state index contributed by atoms with van der Waals surface area (Å²) >= 11 is 0. The summed E-state index contributed by atoms with van der Waals surface area (Å²) in [6, 6.07) is 10.4. The summed E-state index contributed by atoms with van der Waals surface area (Å²) in [7, 11) is 2.08. The summed E-state index contributed by atoms with van der Waals surface area (Å²) in [6.45, 7) is 2.02. The maximum atomic E-state index is 12.3. The molecule has 2 saturated heterocycles. The number of amides is 1. The van der Waals surface area contributed by atoms with Crippen molar-refractivity contribution < 1.29 is 18.0 Å². The molecule has 134 valence electrons. The summed E-state index contributed by atoms with van der Waals surface area (Å²) in [6.07, 6.45) is -5.73. The molecule has 0 radical (unpaired) electrons. The number of hydrogen-bond donors (Lipinski definition) is 0. The maximum absolute atomic E-state index is 12.3. The van der Waals surface area contributed by atoms with Gasteiger partial charge in [0, 0.05) is 38.0 Å². The van der Waals surface area contributed by atoms with Crippen LogP contribution in [0.2, 0.25) is 0 Å². The molecular formula is C17H22ClF3N2O. The van der Waals surface area contributed by atoms with Gasteiger partial charge in [0.1, 0.15) is 0 Å². The predicted molar refractivity (Wildman–Crippen MR) is 87.9 cm³/mol. The van der Waals surface area contributed by atoms with Crippen LogP contribution in [-0.2, 0) is 4.79 Å². The number of rotatable bonds is 3. The lowest BCUT2D eigenvalue weighted by Gasteiger charge is -2.27. The second-order valence-electron chi connectivity index (χ2n) is 6.63. The summed E-state index contributed by atoms with van der Waals surface area (Å²) < 4.78 is 36.9. The van der Waals surface area contributed by atoms with Gasteiger partial charge in [-0.15, -0.1) is 12.4 Å². The molecule has 3 rings (SSSR count). The minimum atomic E-state index is -4.27. The molecule has 3 nitrogen and oxygen atoms in total. The molecule has 2 aliphatic heterocycles. The van der Waals surface area contributed by atoms with Gasteiger partial charge in [0.25, 0.3) is 0 Å². The standard InChI is InChI=1S/C17H21F3N2O.ClH/c1-21-9-13-10-22(15(23)7-8-17(18,19)20)11-14(13)16(21)12-5-3-2-4-6-12;/h2-6,13-14,16H,7-11H2,1H3;1H/t13-,14+,16-;/m0./s1. The number of carbonyl (C=O) groups excluding carboxylic acids is 1. The highest BCUT2D eigenvalue weighted by molar-refractivity contribution is 5.85. The van der Waals surface area contributed by atoms with E-state index in [2.05, 4.69) is 24.1 Å². The number of alkyl halides is 3. The molecule has 0 N–H and O–H groups in total. The Bertz CT molecular complexity index is 567. The van der Waals surface area contributed by atoms with E-state index in [1.165, 1.54) is 5.56 Å². The number of benzene rings is 1. The first kappa shape index (κ1) is 19.1. The molecule has 0 aliphatic carbocycles. The Balaban J connectivity index is 0.00000208. The number of halogens is 4. The quantitative estimate of drug-likeness (QED) is 0.821. The fourth-order valence-corrected chi connectivity index (χ4v) is 4.02. The number of likely N-dealkylation sites (tertiary alicyclic amines) is 2. The molecule has 1 amide bonds. The molecule has 1 aromatic rings. The Labute approximate surface area is 146 Å². The fourth-order valence-electron chi connectivity index (χ4n) is 4.02. The van der Waals surface area contributed by atoms with Gasteiger partial charge in [-0.25, -0.2) is 0 Å². The summed E-state index contributed by atoms with van der Waals surface area (Å²) in [4.78, 5) is 16.0. The normalized spacial score (nSPS) is 27.0. The third kappa shape index (κ3) is 4.03. The highest BCUT2D eigenvalue weighted by Gasteiger charge is 2.47. The van der Waals surface area contributed by atoms with Crippen molar-refractivity contribution in [1.29, 1.82) is 0 Å². The molecular weight excluding hydrogens is 341 g/mol. The van der Waals surface area contributed by atoms with Gasteiger partial charge in [-0.1, -0.05) is 30.3 Å². The van der Waals surface area contributed by atoms with Gasteiger partial charge in [-0.3, -0.25) is 9.69 Å². The van der Waals surface area contributed by atoms with Crippen molar-refractivity contribution in [3.05, 3.63) is 35.9 Å². The van der Waals surface area contributed by atoms with Crippen molar-refractivity contribution in [2.75, 3.05) is 26.7 Å². The molecule has 2 aliphatic rings. The molecule has 0 saturated carbocycles. The van der Waals surface area contributed by atoms with Crippen LogP contribution in [0.25, 0.3) is 0 Å². The predicted octanol–water partition coefficient (Wildman–Crippen LogP) is 3.51. The van der Waals surface area contributed by atoms with Gasteiger partial charge in [-0.05, 0) is 18.5 Å². The minimum absolute atomic E-state index is 0. The van der Waals surface area contributed by atoms with Crippen LogP contribution in [0.3, 0.4) is 0 Å². The molecule has 1 aromatic carbocycles. The Hall–Kier alpha value is -1.27. The summed E-state index contributed by atoms with van der Waals surface area (Å²) in [5, 5.41) is 0. The Morgan fingerprint density at radius 1 is 1.17 bits per heavy atom. The van der Waals surface area contributed by atoms with E-state index < -0.39 is 19.0 Å². The SMILES string of the molecule is CN1C[C@H]2CN(C(=O)CCC(F)(F)F)C[C@H]2[C@@H]1c1ccccc1.Cl. The van der Waals surface area contributed by atoms with Gasteiger partial charge >= 0.3 is 6.18 Å². The molecule has 2 heterocycles. The lowest BCUT2D eigenvalue weighted by atomic mass is 9.90. The molecule has 24 heavy (non-hydrogen) atoms. The molecule has 3 atom stereocenters. The van der Waals surface area contributed by atoms with E-state index in [4.69, 9.17) is 0 Å². The Morgan fingerprint density at radius 2 is 1.83 bits per heavy atom. The van der Waals surface area contributed by atoms with Crippen molar-refractivity contribution in [2.24, 2.45) is 11.8 Å². The van der Waals surface area contributed by atoms with Gasteiger partial charge in [0.2, 0.25) is 5.91 Å². The highest BCUT2D eigenvalue weighted by Crippen LogP contribution is 2.44. The second-order valence-corrected chi connectivity index (χ2v) is 6.63. The van der Waals surface area contributed by atoms with Crippen molar-refractivity contribution in [2.45, 2.75) is 25.1 Å². The molecule has 0 bridgehead atoms. The van der Waals surface area contributed by atoms with E-state index in [1.807, 2.05) is 18.2 Å². The Kier molecular flexibility index (Phi) is 5.81. The van der Waals surface area contributed by atoms with Crippen molar-refractivity contribution >= 4 is 18.3 Å². The van der Waals surface area contributed by atoms with Gasteiger partial charge in [-0.2, -0.15) is 13.2 Å². The smallest absolute Gasteiger partial charge is 0.342 e. The monoisotopic (exact) mass is 362 g/mol. The van der Waals surface area contributed by atoms with E-state index in [1.54, 1.807) is 4.90 Å². The highest BCUT2D eigenvalue weighted by atomic mass is 35.5. The van der Waals surface area contributed by atoms with Gasteiger partial charge in [0.15, 0.2) is 0 Å². The van der Waals surface area contributed by atoms with Crippen molar-refractivity contribution in [3.8, 4) is 0 Å². The van der Waals surface area contributed by atoms with Gasteiger partial charge in [0.05, 0.1) is 6.42 Å². The number of fused-ring (bicyclic) bond motifs is 1. The minimum Gasteiger partial charge on any atom is -0.342 e. The molecule has 2 fully saturated rings. The summed E-state index contributed by atoms with van der Waals surface area (Å²) in [5.41, 5.74) is 1.21. The zero-order chi connectivity index (χ0) is 16.6. The van der Waals surface area contributed by atoms with E-state index >= 15 is 0 Å². The van der Waals surface area contributed by atoms with E-state index in [0.717, 1.165) is 6.54 Å². The number of carbonyl (C=O) groups is 1. The van der Waals surface area contributed by atoms with Crippen LogP contribution < -0.4 is 0 Å². The first-order valence-corrected chi connectivity index (χ1v) is 7.95. The molecule has 0 aromatic heterocycles. The first-order valence-electron chi connectivity index (χ1n) is 7.95. The van der Waals surface area contributed by atoms with Crippen LogP contribution in [-0.4, -0.2) is 48.6 Å². The number of hydrogen-bond acceptors (Lipinski definition) is 2. The third-order valence-electron chi connectivity index (χ3n) is 5.01. The summed E-state index contributed by atoms with van der Waals surface area (Å²) in [5.74, 6) is 0.281. The zero-order valence-corrected chi connectivity index (χ0v) is 14.3. The average molecular weight is 363 g/mol. The van der Waals surface area contributed by atoms with Crippen LogP contribution in [0.1, 0.15) is 24.4 Å². The largest absolute Gasteiger partial charge is 0.389 e. The topological polar surface area (TPSA) is 23.6 Å². The maximum Gasteiger partial charge on any atom is 0.389 e. The average Bonchev–Trinajstić information content (AvgIpc) is 3.01. The second kappa shape index (κ2) is 7.31. The molecule has 0 unspecified atom stereocenters. The van der Waals surface area contributed by atoms with Gasteiger partial charge < -0.3 is 4.90 Å². The third-order valence-corrected chi connectivity index (χ3v) is 5.01. The molecule has 7 heteroatoms. The Morgan fingerprint density at radius 3 is 2.46 bits per heavy atom. The van der Waals surface area contributed by atoms with Crippen LogP contribution in [0.4, 0.5) is 13.2 Å². The van der Waals surface area contributed by atoms with Crippen LogP contribution >= 0.6 is 12.4 Å². The lowest BCUT2D eigenvalue weighted by molar-refractivity contribution is -0.148. The van der Waals surface area contributed by atoms with Crippen LogP contribution in [0.5, 0.6) is 0 Å². The molecule has 0 spiro atoms. The van der Waals surface area contributed by atoms with E-state index in [9.17, 15) is 18.0 Å². The van der Waals surface area contributed by atoms with Crippen molar-refractivity contribution in [1.82, 2.24) is 9.80 Å². The lowest BCUT2D eigenvalue weighted by Crippen LogP contribution is -2.33. The number of nitrogens with zero attached hydrogens (tertiary/aromatic N) is 2. The van der Waals surface area contributed by atoms with E-state index in [-0.39, 0.29) is 24.4 Å². The van der Waals surface area contributed by atoms with Crippen molar-refractivity contribution in [3.63, 3.8) is 0 Å². The fraction of sp³-hybridized carbons (Fsp3) is 0.588. The zero-order valence-electron chi connectivity index (χ0n) is 13.5.